The van der Waals surface area contributed by atoms with E-state index >= 15 is 0 Å². The van der Waals surface area contributed by atoms with Gasteiger partial charge >= 0.3 is 0 Å². The number of anilines is 2. The van der Waals surface area contributed by atoms with Crippen LogP contribution < -0.4 is 5.32 Å². The fourth-order valence-electron chi connectivity index (χ4n) is 0.780. The summed E-state index contributed by atoms with van der Waals surface area (Å²) in [6, 6.07) is 3.95. The van der Waals surface area contributed by atoms with Gasteiger partial charge in [-0.3, -0.25) is 0 Å². The monoisotopic (exact) mass is 178 g/mol. The summed E-state index contributed by atoms with van der Waals surface area (Å²) >= 11 is 1.62. The highest BCUT2D eigenvalue weighted by Crippen LogP contribution is 2.18. The van der Waals surface area contributed by atoms with E-state index in [1.807, 2.05) is 17.5 Å². The highest BCUT2D eigenvalue weighted by molar-refractivity contribution is 7.14. The van der Waals surface area contributed by atoms with Crippen molar-refractivity contribution in [2.24, 2.45) is 0 Å². The van der Waals surface area contributed by atoms with Crippen LogP contribution in [0, 0.1) is 0 Å². The van der Waals surface area contributed by atoms with Crippen LogP contribution in [-0.2, 0) is 0 Å². The number of nitrogens with zero attached hydrogens (tertiary/aromatic N) is 3. The Kier molecular flexibility index (Phi) is 1.96. The Morgan fingerprint density at radius 2 is 2.33 bits per heavy atom. The molecule has 0 spiro atoms. The molecule has 0 atom stereocenters. The average Bonchev–Trinajstić information content (AvgIpc) is 2.59. The van der Waals surface area contributed by atoms with Gasteiger partial charge in [0.1, 0.15) is 6.33 Å². The van der Waals surface area contributed by atoms with Crippen molar-refractivity contribution in [2.45, 2.75) is 0 Å². The highest BCUT2D eigenvalue weighted by atomic mass is 32.1. The first-order valence-corrected chi connectivity index (χ1v) is 4.26. The molecule has 0 aliphatic rings. The molecular weight excluding hydrogens is 172 g/mol. The van der Waals surface area contributed by atoms with Crippen molar-refractivity contribution >= 4 is 22.2 Å². The lowest BCUT2D eigenvalue weighted by Gasteiger charge is -1.98. The molecule has 0 aliphatic carbocycles. The zero-order valence-corrected chi connectivity index (χ0v) is 6.95. The Hall–Kier alpha value is -1.49. The summed E-state index contributed by atoms with van der Waals surface area (Å²) in [5.41, 5.74) is 0. The Balaban J connectivity index is 2.15. The molecule has 0 fully saturated rings. The summed E-state index contributed by atoms with van der Waals surface area (Å²) in [5.74, 6) is 0.715. The molecule has 1 N–H and O–H groups in total. The number of nitrogens with one attached hydrogen (secondary N) is 1. The van der Waals surface area contributed by atoms with Gasteiger partial charge in [0.2, 0.25) is 0 Å². The Labute approximate surface area is 73.3 Å². The highest BCUT2D eigenvalue weighted by Gasteiger charge is 1.94. The summed E-state index contributed by atoms with van der Waals surface area (Å²) in [6.45, 7) is 0. The third kappa shape index (κ3) is 1.57. The third-order valence-electron chi connectivity index (χ3n) is 1.27. The van der Waals surface area contributed by atoms with E-state index in [0.29, 0.717) is 5.82 Å². The smallest absolute Gasteiger partial charge is 0.153 e. The number of hydrogen-bond donors (Lipinski definition) is 1. The van der Waals surface area contributed by atoms with E-state index in [9.17, 15) is 0 Å². The fourth-order valence-corrected chi connectivity index (χ4v) is 1.40. The molecule has 2 aromatic heterocycles. The Bertz CT molecular complexity index is 332. The Morgan fingerprint density at radius 3 is 3.00 bits per heavy atom. The van der Waals surface area contributed by atoms with Crippen molar-refractivity contribution in [3.63, 3.8) is 0 Å². The first-order valence-electron chi connectivity index (χ1n) is 3.38. The minimum absolute atomic E-state index is 0.715. The molecule has 0 bridgehead atoms. The maximum absolute atomic E-state index is 3.98. The number of hydrogen-bond acceptors (Lipinski definition) is 5. The van der Waals surface area contributed by atoms with Crippen LogP contribution >= 0.6 is 11.3 Å². The molecule has 5 heteroatoms. The quantitative estimate of drug-likeness (QED) is 0.760. The number of thiophene rings is 1. The van der Waals surface area contributed by atoms with Gasteiger partial charge in [0.15, 0.2) is 5.82 Å². The minimum Gasteiger partial charge on any atom is -0.331 e. The lowest BCUT2D eigenvalue weighted by atomic mass is 10.6. The van der Waals surface area contributed by atoms with Crippen molar-refractivity contribution in [1.29, 1.82) is 0 Å². The molecule has 2 aromatic rings. The first kappa shape index (κ1) is 7.17. The molecule has 4 nitrogen and oxygen atoms in total. The molecule has 60 valence electrons. The van der Waals surface area contributed by atoms with E-state index in [-0.39, 0.29) is 0 Å². The first-order chi connectivity index (χ1) is 5.95. The standard InChI is InChI=1S/C7H6N4S/c1-2-7(12-3-1)11-6-4-9-10-5-8-6/h1-5H,(H,8,10,11). The normalized spacial score (nSPS) is 9.67. The number of aromatic nitrogens is 3. The second kappa shape index (κ2) is 3.27. The summed E-state index contributed by atoms with van der Waals surface area (Å²) in [5, 5.41) is 13.4. The van der Waals surface area contributed by atoms with E-state index in [1.165, 1.54) is 6.33 Å². The van der Waals surface area contributed by atoms with Crippen molar-refractivity contribution in [3.8, 4) is 0 Å². The zero-order valence-electron chi connectivity index (χ0n) is 6.14. The SMILES string of the molecule is c1csc(Nc2cnncn2)c1. The van der Waals surface area contributed by atoms with Gasteiger partial charge in [-0.2, -0.15) is 5.10 Å². The van der Waals surface area contributed by atoms with Gasteiger partial charge in [-0.1, -0.05) is 0 Å². The summed E-state index contributed by atoms with van der Waals surface area (Å²) in [6.07, 6.45) is 3.00. The number of rotatable bonds is 2. The van der Waals surface area contributed by atoms with Crippen LogP contribution in [0.2, 0.25) is 0 Å². The van der Waals surface area contributed by atoms with Crippen molar-refractivity contribution < 1.29 is 0 Å². The second-order valence-corrected chi connectivity index (χ2v) is 3.04. The molecule has 0 unspecified atom stereocenters. The molecule has 0 radical (unpaired) electrons. The molecule has 0 amide bonds. The second-order valence-electron chi connectivity index (χ2n) is 2.09. The van der Waals surface area contributed by atoms with Crippen LogP contribution in [0.3, 0.4) is 0 Å². The lowest BCUT2D eigenvalue weighted by Crippen LogP contribution is -1.92. The summed E-state index contributed by atoms with van der Waals surface area (Å²) in [7, 11) is 0. The molecule has 0 aromatic carbocycles. The van der Waals surface area contributed by atoms with Gasteiger partial charge in [-0.05, 0) is 17.5 Å². The van der Waals surface area contributed by atoms with E-state index < -0.39 is 0 Å². The molecule has 0 saturated heterocycles. The van der Waals surface area contributed by atoms with E-state index in [1.54, 1.807) is 17.5 Å². The predicted octanol–water partition coefficient (Wildman–Crippen LogP) is 1.68. The lowest BCUT2D eigenvalue weighted by molar-refractivity contribution is 0.973. The van der Waals surface area contributed by atoms with Gasteiger partial charge in [0.25, 0.3) is 0 Å². The van der Waals surface area contributed by atoms with Crippen LogP contribution in [0.1, 0.15) is 0 Å². The van der Waals surface area contributed by atoms with Crippen molar-refractivity contribution in [3.05, 3.63) is 30.0 Å². The molecule has 0 saturated carbocycles. The maximum Gasteiger partial charge on any atom is 0.153 e. The molecule has 0 aliphatic heterocycles. The van der Waals surface area contributed by atoms with E-state index in [0.717, 1.165) is 5.00 Å². The molecule has 2 rings (SSSR count). The molecular formula is C7H6N4S. The van der Waals surface area contributed by atoms with Crippen LogP contribution in [0.25, 0.3) is 0 Å². The van der Waals surface area contributed by atoms with Crippen LogP contribution in [-0.4, -0.2) is 15.2 Å². The minimum atomic E-state index is 0.715. The average molecular weight is 178 g/mol. The maximum atomic E-state index is 3.98. The van der Waals surface area contributed by atoms with Gasteiger partial charge < -0.3 is 5.32 Å². The van der Waals surface area contributed by atoms with Gasteiger partial charge in [-0.25, -0.2) is 4.98 Å². The van der Waals surface area contributed by atoms with E-state index in [4.69, 9.17) is 0 Å². The van der Waals surface area contributed by atoms with Crippen molar-refractivity contribution in [1.82, 2.24) is 15.2 Å². The van der Waals surface area contributed by atoms with Crippen LogP contribution in [0.5, 0.6) is 0 Å². The topological polar surface area (TPSA) is 50.7 Å². The third-order valence-corrected chi connectivity index (χ3v) is 2.05. The largest absolute Gasteiger partial charge is 0.331 e. The van der Waals surface area contributed by atoms with Gasteiger partial charge in [0, 0.05) is 0 Å². The molecule has 12 heavy (non-hydrogen) atoms. The Morgan fingerprint density at radius 1 is 1.33 bits per heavy atom. The van der Waals surface area contributed by atoms with Crippen LogP contribution in [0.15, 0.2) is 30.0 Å². The van der Waals surface area contributed by atoms with Gasteiger partial charge in [-0.15, -0.1) is 16.4 Å². The fraction of sp³-hybridized carbons (Fsp3) is 0. The predicted molar refractivity (Wildman–Crippen MR) is 47.4 cm³/mol. The summed E-state index contributed by atoms with van der Waals surface area (Å²) < 4.78 is 0. The molecule has 2 heterocycles. The van der Waals surface area contributed by atoms with Gasteiger partial charge in [0.05, 0.1) is 11.2 Å². The van der Waals surface area contributed by atoms with Crippen molar-refractivity contribution in [2.75, 3.05) is 5.32 Å². The van der Waals surface area contributed by atoms with Crippen LogP contribution in [0.4, 0.5) is 10.8 Å². The van der Waals surface area contributed by atoms with E-state index in [2.05, 4.69) is 20.5 Å². The summed E-state index contributed by atoms with van der Waals surface area (Å²) in [4.78, 5) is 3.98. The zero-order chi connectivity index (χ0) is 8.23.